The molecular weight excluding hydrogens is 445 g/mol. The van der Waals surface area contributed by atoms with E-state index in [1.54, 1.807) is 36.8 Å². The Morgan fingerprint density at radius 2 is 1.69 bits per heavy atom. The maximum Gasteiger partial charge on any atom is 0.416 e. The van der Waals surface area contributed by atoms with Gasteiger partial charge < -0.3 is 14.4 Å². The van der Waals surface area contributed by atoms with E-state index in [0.29, 0.717) is 45.0 Å². The summed E-state index contributed by atoms with van der Waals surface area (Å²) in [4.78, 5) is 16.5. The SMILES string of the molecule is CCN(CC)S(=O)(=O)c1cc(C(=O)N2CCN(c3cccc(C(F)(F)F)c3)CC2)n(C)c1. The Hall–Kier alpha value is -2.53. The van der Waals surface area contributed by atoms with Gasteiger partial charge in [0.05, 0.1) is 5.56 Å². The lowest BCUT2D eigenvalue weighted by Crippen LogP contribution is -2.49. The maximum absolute atomic E-state index is 13.0. The molecule has 0 unspecified atom stereocenters. The lowest BCUT2D eigenvalue weighted by Gasteiger charge is -2.36. The van der Waals surface area contributed by atoms with Crippen LogP contribution in [0.3, 0.4) is 0 Å². The fourth-order valence-corrected chi connectivity index (χ4v) is 5.34. The van der Waals surface area contributed by atoms with E-state index in [2.05, 4.69) is 0 Å². The van der Waals surface area contributed by atoms with Gasteiger partial charge in [0.25, 0.3) is 5.91 Å². The number of nitrogens with zero attached hydrogens (tertiary/aromatic N) is 4. The zero-order valence-corrected chi connectivity index (χ0v) is 19.1. The van der Waals surface area contributed by atoms with E-state index in [9.17, 15) is 26.4 Å². The largest absolute Gasteiger partial charge is 0.416 e. The molecule has 1 amide bonds. The van der Waals surface area contributed by atoms with Gasteiger partial charge in [-0.15, -0.1) is 0 Å². The van der Waals surface area contributed by atoms with Gasteiger partial charge in [-0.05, 0) is 24.3 Å². The number of aryl methyl sites for hydroxylation is 1. The molecule has 2 heterocycles. The van der Waals surface area contributed by atoms with Gasteiger partial charge in [0.15, 0.2) is 0 Å². The first-order chi connectivity index (χ1) is 15.0. The predicted octanol–water partition coefficient (Wildman–Crippen LogP) is 3.04. The smallest absolute Gasteiger partial charge is 0.368 e. The molecule has 0 spiro atoms. The van der Waals surface area contributed by atoms with Gasteiger partial charge in [0.2, 0.25) is 10.0 Å². The zero-order valence-electron chi connectivity index (χ0n) is 18.3. The summed E-state index contributed by atoms with van der Waals surface area (Å²) in [6, 6.07) is 6.52. The summed E-state index contributed by atoms with van der Waals surface area (Å²) in [5.74, 6) is -0.308. The number of hydrogen-bond donors (Lipinski definition) is 0. The van der Waals surface area contributed by atoms with Crippen LogP contribution in [-0.4, -0.2) is 67.4 Å². The van der Waals surface area contributed by atoms with Crippen LogP contribution in [0.5, 0.6) is 0 Å². The van der Waals surface area contributed by atoms with E-state index in [1.165, 1.54) is 27.2 Å². The van der Waals surface area contributed by atoms with Gasteiger partial charge in [-0.1, -0.05) is 19.9 Å². The van der Waals surface area contributed by atoms with E-state index < -0.39 is 21.8 Å². The number of piperazine rings is 1. The summed E-state index contributed by atoms with van der Waals surface area (Å²) >= 11 is 0. The molecule has 0 saturated carbocycles. The molecule has 0 N–H and O–H groups in total. The minimum absolute atomic E-state index is 0.0645. The lowest BCUT2D eigenvalue weighted by molar-refractivity contribution is -0.137. The number of benzene rings is 1. The summed E-state index contributed by atoms with van der Waals surface area (Å²) in [5.41, 5.74) is 0.000834. The molecule has 2 aromatic rings. The number of sulfonamides is 1. The molecule has 1 aromatic heterocycles. The molecule has 1 aromatic carbocycles. The molecule has 7 nitrogen and oxygen atoms in total. The van der Waals surface area contributed by atoms with Crippen LogP contribution < -0.4 is 4.90 Å². The van der Waals surface area contributed by atoms with Gasteiger partial charge in [0, 0.05) is 58.2 Å². The molecule has 1 saturated heterocycles. The first-order valence-corrected chi connectivity index (χ1v) is 11.8. The van der Waals surface area contributed by atoms with Crippen LogP contribution in [0.25, 0.3) is 0 Å². The second kappa shape index (κ2) is 9.14. The van der Waals surface area contributed by atoms with Gasteiger partial charge in [0.1, 0.15) is 10.6 Å². The average molecular weight is 473 g/mol. The molecular formula is C21H27F3N4O3S. The standard InChI is InChI=1S/C21H27F3N4O3S/c1-4-28(5-2)32(30,31)18-14-19(25(3)15-18)20(29)27-11-9-26(10-12-27)17-8-6-7-16(13-17)21(22,23)24/h6-8,13-15H,4-5,9-12H2,1-3H3. The third kappa shape index (κ3) is 4.78. The molecule has 1 fully saturated rings. The van der Waals surface area contributed by atoms with Crippen LogP contribution in [0.4, 0.5) is 18.9 Å². The molecule has 3 rings (SSSR count). The number of amides is 1. The fraction of sp³-hybridized carbons (Fsp3) is 0.476. The molecule has 0 atom stereocenters. The van der Waals surface area contributed by atoms with E-state index in [4.69, 9.17) is 0 Å². The van der Waals surface area contributed by atoms with Crippen molar-refractivity contribution in [3.05, 3.63) is 47.8 Å². The van der Waals surface area contributed by atoms with Crippen LogP contribution in [0.1, 0.15) is 29.9 Å². The molecule has 176 valence electrons. The highest BCUT2D eigenvalue weighted by atomic mass is 32.2. The van der Waals surface area contributed by atoms with Crippen LogP contribution in [0.15, 0.2) is 41.4 Å². The number of alkyl halides is 3. The third-order valence-corrected chi connectivity index (χ3v) is 7.66. The minimum atomic E-state index is -4.41. The highest BCUT2D eigenvalue weighted by Gasteiger charge is 2.32. The van der Waals surface area contributed by atoms with Crippen LogP contribution >= 0.6 is 0 Å². The second-order valence-electron chi connectivity index (χ2n) is 7.59. The van der Waals surface area contributed by atoms with Crippen LogP contribution in [0.2, 0.25) is 0 Å². The zero-order chi connectivity index (χ0) is 23.7. The second-order valence-corrected chi connectivity index (χ2v) is 9.53. The number of aromatic nitrogens is 1. The van der Waals surface area contributed by atoms with Gasteiger partial charge in [-0.25, -0.2) is 8.42 Å². The van der Waals surface area contributed by atoms with Crippen molar-refractivity contribution in [2.24, 2.45) is 7.05 Å². The van der Waals surface area contributed by atoms with Crippen LogP contribution in [-0.2, 0) is 23.2 Å². The summed E-state index contributed by atoms with van der Waals surface area (Å²) in [7, 11) is -2.07. The number of halogens is 3. The van der Waals surface area contributed by atoms with Crippen LogP contribution in [0, 0.1) is 0 Å². The molecule has 1 aliphatic rings. The Labute approximate surface area is 186 Å². The quantitative estimate of drug-likeness (QED) is 0.648. The van der Waals surface area contributed by atoms with Gasteiger partial charge >= 0.3 is 6.18 Å². The molecule has 0 radical (unpaired) electrons. The topological polar surface area (TPSA) is 65.9 Å². The Morgan fingerprint density at radius 1 is 1.06 bits per heavy atom. The Morgan fingerprint density at radius 3 is 2.25 bits per heavy atom. The van der Waals surface area contributed by atoms with E-state index >= 15 is 0 Å². The molecule has 1 aliphatic heterocycles. The maximum atomic E-state index is 13.0. The van der Waals surface area contributed by atoms with E-state index in [0.717, 1.165) is 12.1 Å². The number of anilines is 1. The van der Waals surface area contributed by atoms with Crippen molar-refractivity contribution < 1.29 is 26.4 Å². The molecule has 0 bridgehead atoms. The molecule has 32 heavy (non-hydrogen) atoms. The highest BCUT2D eigenvalue weighted by Crippen LogP contribution is 2.32. The third-order valence-electron chi connectivity index (χ3n) is 5.65. The monoisotopic (exact) mass is 472 g/mol. The highest BCUT2D eigenvalue weighted by molar-refractivity contribution is 7.89. The number of carbonyl (C=O) groups excluding carboxylic acids is 1. The Balaban J connectivity index is 1.72. The van der Waals surface area contributed by atoms with Crippen molar-refractivity contribution in [1.82, 2.24) is 13.8 Å². The van der Waals surface area contributed by atoms with Crippen molar-refractivity contribution in [2.75, 3.05) is 44.2 Å². The minimum Gasteiger partial charge on any atom is -0.368 e. The van der Waals surface area contributed by atoms with E-state index in [-0.39, 0.29) is 16.5 Å². The molecule has 11 heteroatoms. The molecule has 0 aliphatic carbocycles. The lowest BCUT2D eigenvalue weighted by atomic mass is 10.1. The Kier molecular flexibility index (Phi) is 6.89. The van der Waals surface area contributed by atoms with E-state index in [1.807, 2.05) is 0 Å². The summed E-state index contributed by atoms with van der Waals surface area (Å²) < 4.78 is 67.3. The fourth-order valence-electron chi connectivity index (χ4n) is 3.81. The number of hydrogen-bond acceptors (Lipinski definition) is 4. The average Bonchev–Trinajstić information content (AvgIpc) is 3.16. The number of rotatable bonds is 6. The van der Waals surface area contributed by atoms with Gasteiger partial charge in [-0.2, -0.15) is 17.5 Å². The normalized spacial score (nSPS) is 15.5. The predicted molar refractivity (Wildman–Crippen MR) is 115 cm³/mol. The summed E-state index contributed by atoms with van der Waals surface area (Å²) in [6.45, 7) is 5.55. The first kappa shape index (κ1) is 24.1. The van der Waals surface area contributed by atoms with Crippen molar-refractivity contribution in [3.63, 3.8) is 0 Å². The van der Waals surface area contributed by atoms with Crippen molar-refractivity contribution in [1.29, 1.82) is 0 Å². The Bertz CT molecular complexity index is 1070. The summed E-state index contributed by atoms with van der Waals surface area (Å²) in [6.07, 6.45) is -2.98. The van der Waals surface area contributed by atoms with Crippen molar-refractivity contribution >= 4 is 21.6 Å². The van der Waals surface area contributed by atoms with Crippen molar-refractivity contribution in [3.8, 4) is 0 Å². The first-order valence-electron chi connectivity index (χ1n) is 10.4. The van der Waals surface area contributed by atoms with Crippen molar-refractivity contribution in [2.45, 2.75) is 24.9 Å². The summed E-state index contributed by atoms with van der Waals surface area (Å²) in [5, 5.41) is 0. The van der Waals surface area contributed by atoms with Gasteiger partial charge in [-0.3, -0.25) is 4.79 Å². The number of carbonyl (C=O) groups is 1.